The van der Waals surface area contributed by atoms with Gasteiger partial charge in [-0.1, -0.05) is 29.8 Å². The Hall–Kier alpha value is -2.96. The molecule has 3 rings (SSSR count). The summed E-state index contributed by atoms with van der Waals surface area (Å²) in [4.78, 5) is 33.3. The van der Waals surface area contributed by atoms with Gasteiger partial charge in [0, 0.05) is 25.6 Å². The Morgan fingerprint density at radius 1 is 1.15 bits per heavy atom. The number of carboxylic acids is 1. The third-order valence-corrected chi connectivity index (χ3v) is 4.63. The number of aromatic carboxylic acids is 1. The summed E-state index contributed by atoms with van der Waals surface area (Å²) < 4.78 is 0. The number of carboxylic acid groups (broad SMARTS) is 1. The number of anilines is 1. The highest BCUT2D eigenvalue weighted by molar-refractivity contribution is 5.85. The molecule has 1 fully saturated rings. The van der Waals surface area contributed by atoms with E-state index in [1.807, 2.05) is 36.1 Å². The predicted octanol–water partition coefficient (Wildman–Crippen LogP) is 2.02. The van der Waals surface area contributed by atoms with Gasteiger partial charge in [0.1, 0.15) is 5.82 Å². The van der Waals surface area contributed by atoms with Gasteiger partial charge in [-0.05, 0) is 25.3 Å². The number of hydrogen-bond acceptors (Lipinski definition) is 5. The highest BCUT2D eigenvalue weighted by Crippen LogP contribution is 2.21. The van der Waals surface area contributed by atoms with Crippen molar-refractivity contribution in [1.82, 2.24) is 15.3 Å². The lowest BCUT2D eigenvalue weighted by atomic mass is 9.96. The van der Waals surface area contributed by atoms with Gasteiger partial charge in [-0.15, -0.1) is 0 Å². The number of rotatable bonds is 5. The summed E-state index contributed by atoms with van der Waals surface area (Å²) in [5, 5.41) is 11.9. The van der Waals surface area contributed by atoms with Crippen molar-refractivity contribution in [2.75, 3.05) is 18.0 Å². The van der Waals surface area contributed by atoms with Crippen LogP contribution in [-0.2, 0) is 11.3 Å². The molecule has 0 unspecified atom stereocenters. The fraction of sp³-hybridized carbons (Fsp3) is 0.368. The summed E-state index contributed by atoms with van der Waals surface area (Å²) in [7, 11) is 0. The molecule has 0 saturated carbocycles. The van der Waals surface area contributed by atoms with Gasteiger partial charge < -0.3 is 15.3 Å². The van der Waals surface area contributed by atoms with E-state index < -0.39 is 5.97 Å². The Bertz CT molecular complexity index is 766. The van der Waals surface area contributed by atoms with E-state index in [0.717, 1.165) is 18.4 Å². The summed E-state index contributed by atoms with van der Waals surface area (Å²) in [6.07, 6.45) is 4.21. The van der Waals surface area contributed by atoms with E-state index in [9.17, 15) is 9.59 Å². The Balaban J connectivity index is 1.48. The third-order valence-electron chi connectivity index (χ3n) is 4.63. The first-order chi connectivity index (χ1) is 12.5. The Morgan fingerprint density at radius 2 is 1.85 bits per heavy atom. The van der Waals surface area contributed by atoms with Gasteiger partial charge in [-0.2, -0.15) is 0 Å². The molecule has 1 aromatic heterocycles. The van der Waals surface area contributed by atoms with Crippen LogP contribution in [0, 0.1) is 12.8 Å². The Morgan fingerprint density at radius 3 is 2.42 bits per heavy atom. The highest BCUT2D eigenvalue weighted by atomic mass is 16.4. The van der Waals surface area contributed by atoms with E-state index in [1.54, 1.807) is 0 Å². The van der Waals surface area contributed by atoms with Crippen LogP contribution in [0.5, 0.6) is 0 Å². The van der Waals surface area contributed by atoms with E-state index in [0.29, 0.717) is 25.5 Å². The number of hydrogen-bond donors (Lipinski definition) is 2. The molecule has 7 heteroatoms. The molecule has 0 spiro atoms. The van der Waals surface area contributed by atoms with Crippen molar-refractivity contribution in [2.45, 2.75) is 26.3 Å². The maximum atomic E-state index is 12.4. The first kappa shape index (κ1) is 17.8. The van der Waals surface area contributed by atoms with Crippen LogP contribution < -0.4 is 10.2 Å². The maximum Gasteiger partial charge on any atom is 0.356 e. The molecule has 26 heavy (non-hydrogen) atoms. The van der Waals surface area contributed by atoms with Gasteiger partial charge >= 0.3 is 5.97 Å². The van der Waals surface area contributed by atoms with Gasteiger partial charge in [0.15, 0.2) is 5.69 Å². The molecular formula is C19H22N4O3. The van der Waals surface area contributed by atoms with Crippen molar-refractivity contribution in [3.63, 3.8) is 0 Å². The number of aryl methyl sites for hydroxylation is 1. The van der Waals surface area contributed by atoms with Crippen LogP contribution in [0.4, 0.5) is 5.82 Å². The summed E-state index contributed by atoms with van der Waals surface area (Å²) in [6, 6.07) is 8.13. The molecule has 2 heterocycles. The maximum absolute atomic E-state index is 12.4. The number of piperidine rings is 1. The molecule has 2 aromatic rings. The Labute approximate surface area is 152 Å². The minimum absolute atomic E-state index is 0.0112. The van der Waals surface area contributed by atoms with Crippen LogP contribution in [-0.4, -0.2) is 40.0 Å². The fourth-order valence-electron chi connectivity index (χ4n) is 3.01. The molecule has 1 aromatic carbocycles. The van der Waals surface area contributed by atoms with E-state index in [4.69, 9.17) is 5.11 Å². The van der Waals surface area contributed by atoms with Gasteiger partial charge in [0.25, 0.3) is 0 Å². The van der Waals surface area contributed by atoms with E-state index in [2.05, 4.69) is 15.3 Å². The average molecular weight is 354 g/mol. The van der Waals surface area contributed by atoms with Crippen LogP contribution in [0.3, 0.4) is 0 Å². The van der Waals surface area contributed by atoms with Crippen LogP contribution in [0.1, 0.15) is 34.5 Å². The monoisotopic (exact) mass is 354 g/mol. The molecule has 0 atom stereocenters. The van der Waals surface area contributed by atoms with Crippen molar-refractivity contribution < 1.29 is 14.7 Å². The molecule has 1 amide bonds. The second kappa shape index (κ2) is 7.95. The summed E-state index contributed by atoms with van der Waals surface area (Å²) >= 11 is 0. The zero-order chi connectivity index (χ0) is 18.5. The number of aromatic nitrogens is 2. The Kier molecular flexibility index (Phi) is 5.46. The lowest BCUT2D eigenvalue weighted by molar-refractivity contribution is -0.125. The second-order valence-electron chi connectivity index (χ2n) is 6.53. The third kappa shape index (κ3) is 4.36. The van der Waals surface area contributed by atoms with E-state index in [1.165, 1.54) is 18.0 Å². The van der Waals surface area contributed by atoms with Crippen LogP contribution in [0.15, 0.2) is 36.7 Å². The number of benzene rings is 1. The van der Waals surface area contributed by atoms with Gasteiger partial charge in [-0.25, -0.2) is 14.8 Å². The molecule has 1 aliphatic heterocycles. The topological polar surface area (TPSA) is 95.4 Å². The molecular weight excluding hydrogens is 332 g/mol. The quantitative estimate of drug-likeness (QED) is 0.853. The standard InChI is InChI=1S/C19H22N4O3/c1-13-2-4-14(5-3-13)10-22-18(24)15-6-8-23(9-7-15)17-12-20-16(11-21-17)19(25)26/h2-5,11-12,15H,6-10H2,1H3,(H,22,24)(H,25,26). The summed E-state index contributed by atoms with van der Waals surface area (Å²) in [5.41, 5.74) is 2.22. The van der Waals surface area contributed by atoms with E-state index >= 15 is 0 Å². The predicted molar refractivity (Wildman–Crippen MR) is 97.0 cm³/mol. The molecule has 1 aliphatic rings. The van der Waals surface area contributed by atoms with Crippen molar-refractivity contribution in [2.24, 2.45) is 5.92 Å². The number of carbonyl (C=O) groups is 2. The minimum atomic E-state index is -1.09. The molecule has 0 aliphatic carbocycles. The number of amides is 1. The molecule has 0 radical (unpaired) electrons. The van der Waals surface area contributed by atoms with Crippen molar-refractivity contribution in [1.29, 1.82) is 0 Å². The van der Waals surface area contributed by atoms with Crippen LogP contribution in [0.25, 0.3) is 0 Å². The zero-order valence-corrected chi connectivity index (χ0v) is 14.7. The van der Waals surface area contributed by atoms with Gasteiger partial charge in [-0.3, -0.25) is 4.79 Å². The van der Waals surface area contributed by atoms with Gasteiger partial charge in [0.05, 0.1) is 12.4 Å². The average Bonchev–Trinajstić information content (AvgIpc) is 2.67. The van der Waals surface area contributed by atoms with E-state index in [-0.39, 0.29) is 17.5 Å². The van der Waals surface area contributed by atoms with Gasteiger partial charge in [0.2, 0.25) is 5.91 Å². The minimum Gasteiger partial charge on any atom is -0.476 e. The van der Waals surface area contributed by atoms with Crippen molar-refractivity contribution in [3.05, 3.63) is 53.5 Å². The molecule has 2 N–H and O–H groups in total. The van der Waals surface area contributed by atoms with Crippen LogP contribution >= 0.6 is 0 Å². The zero-order valence-electron chi connectivity index (χ0n) is 14.7. The fourth-order valence-corrected chi connectivity index (χ4v) is 3.01. The first-order valence-electron chi connectivity index (χ1n) is 8.66. The lowest BCUT2D eigenvalue weighted by Crippen LogP contribution is -2.40. The number of carbonyl (C=O) groups excluding carboxylic acids is 1. The van der Waals surface area contributed by atoms with Crippen LogP contribution in [0.2, 0.25) is 0 Å². The smallest absolute Gasteiger partial charge is 0.356 e. The molecule has 1 saturated heterocycles. The summed E-state index contributed by atoms with van der Waals surface area (Å²) in [6.45, 7) is 3.98. The summed E-state index contributed by atoms with van der Waals surface area (Å²) in [5.74, 6) is -0.373. The van der Waals surface area contributed by atoms with Crippen molar-refractivity contribution >= 4 is 17.7 Å². The first-order valence-corrected chi connectivity index (χ1v) is 8.66. The highest BCUT2D eigenvalue weighted by Gasteiger charge is 2.25. The SMILES string of the molecule is Cc1ccc(CNC(=O)C2CCN(c3cnc(C(=O)O)cn3)CC2)cc1. The molecule has 136 valence electrons. The molecule has 7 nitrogen and oxygen atoms in total. The molecule has 0 bridgehead atoms. The van der Waals surface area contributed by atoms with Crippen molar-refractivity contribution in [3.8, 4) is 0 Å². The normalized spacial score (nSPS) is 14.9. The second-order valence-corrected chi connectivity index (χ2v) is 6.53. The lowest BCUT2D eigenvalue weighted by Gasteiger charge is -2.31. The number of nitrogens with one attached hydrogen (secondary N) is 1. The number of nitrogens with zero attached hydrogens (tertiary/aromatic N) is 3. The largest absolute Gasteiger partial charge is 0.476 e.